The van der Waals surface area contributed by atoms with Crippen molar-refractivity contribution in [2.24, 2.45) is 0 Å². The van der Waals surface area contributed by atoms with E-state index in [4.69, 9.17) is 16.7 Å². The molecule has 0 aliphatic carbocycles. The number of aromatic nitrogens is 2. The van der Waals surface area contributed by atoms with Crippen molar-refractivity contribution in [1.29, 1.82) is 0 Å². The van der Waals surface area contributed by atoms with E-state index in [9.17, 15) is 13.2 Å². The summed E-state index contributed by atoms with van der Waals surface area (Å²) in [5.74, 6) is -0.806. The Labute approximate surface area is 126 Å². The Morgan fingerprint density at radius 3 is 2.76 bits per heavy atom. The summed E-state index contributed by atoms with van der Waals surface area (Å²) in [6, 6.07) is 3.56. The third-order valence-corrected chi connectivity index (χ3v) is 4.93. The number of imidazole rings is 1. The zero-order valence-electron chi connectivity index (χ0n) is 10.9. The molecule has 1 heterocycles. The summed E-state index contributed by atoms with van der Waals surface area (Å²) in [5, 5.41) is 8.98. The third-order valence-electron chi connectivity index (χ3n) is 2.80. The molecule has 21 heavy (non-hydrogen) atoms. The van der Waals surface area contributed by atoms with Gasteiger partial charge in [-0.25, -0.2) is 18.2 Å². The lowest BCUT2D eigenvalue weighted by molar-refractivity contribution is 0.0697. The number of hydrogen-bond donors (Lipinski definition) is 2. The molecule has 0 atom stereocenters. The number of benzene rings is 1. The van der Waals surface area contributed by atoms with Crippen LogP contribution in [0.1, 0.15) is 16.2 Å². The van der Waals surface area contributed by atoms with Gasteiger partial charge >= 0.3 is 5.97 Å². The number of aromatic amines is 1. The van der Waals surface area contributed by atoms with Gasteiger partial charge in [0.1, 0.15) is 5.82 Å². The lowest BCUT2D eigenvalue weighted by Crippen LogP contribution is -2.27. The Kier molecular flexibility index (Phi) is 4.31. The normalized spacial score (nSPS) is 11.8. The highest BCUT2D eigenvalue weighted by Gasteiger charge is 2.23. The van der Waals surface area contributed by atoms with Gasteiger partial charge in [0, 0.05) is 19.4 Å². The molecule has 0 spiro atoms. The molecule has 9 heteroatoms. The molecule has 0 bridgehead atoms. The number of rotatable bonds is 5. The minimum Gasteiger partial charge on any atom is -0.478 e. The Balaban J connectivity index is 2.35. The average Bonchev–Trinajstić information content (AvgIpc) is 2.91. The van der Waals surface area contributed by atoms with Crippen molar-refractivity contribution in [3.8, 4) is 0 Å². The summed E-state index contributed by atoms with van der Waals surface area (Å²) in [6.07, 6.45) is 3.10. The highest BCUT2D eigenvalue weighted by atomic mass is 35.5. The van der Waals surface area contributed by atoms with E-state index in [1.807, 2.05) is 0 Å². The van der Waals surface area contributed by atoms with Crippen LogP contribution in [-0.4, -0.2) is 40.8 Å². The van der Waals surface area contributed by atoms with Crippen LogP contribution >= 0.6 is 11.6 Å². The van der Waals surface area contributed by atoms with Crippen molar-refractivity contribution in [3.63, 3.8) is 0 Å². The van der Waals surface area contributed by atoms with E-state index in [-0.39, 0.29) is 22.0 Å². The summed E-state index contributed by atoms with van der Waals surface area (Å²) in [5.41, 5.74) is -0.260. The number of halogens is 1. The fraction of sp³-hybridized carbons (Fsp3) is 0.167. The maximum absolute atomic E-state index is 12.4. The topological polar surface area (TPSA) is 103 Å². The first kappa shape index (κ1) is 15.5. The molecule has 0 unspecified atom stereocenters. The van der Waals surface area contributed by atoms with E-state index in [1.165, 1.54) is 25.4 Å². The summed E-state index contributed by atoms with van der Waals surface area (Å²) < 4.78 is 25.9. The van der Waals surface area contributed by atoms with Crippen molar-refractivity contribution in [1.82, 2.24) is 14.3 Å². The van der Waals surface area contributed by atoms with Crippen LogP contribution in [0.15, 0.2) is 35.5 Å². The molecule has 2 aromatic rings. The second kappa shape index (κ2) is 5.84. The molecule has 112 valence electrons. The Morgan fingerprint density at radius 1 is 1.48 bits per heavy atom. The molecule has 0 fully saturated rings. The van der Waals surface area contributed by atoms with Crippen LogP contribution in [0.25, 0.3) is 0 Å². The van der Waals surface area contributed by atoms with Crippen molar-refractivity contribution >= 4 is 27.6 Å². The predicted octanol–water partition coefficient (Wildman–Crippen LogP) is 1.58. The van der Waals surface area contributed by atoms with Crippen molar-refractivity contribution in [2.45, 2.75) is 11.4 Å². The number of sulfonamides is 1. The van der Waals surface area contributed by atoms with Crippen LogP contribution in [0.3, 0.4) is 0 Å². The van der Waals surface area contributed by atoms with Gasteiger partial charge in [0.25, 0.3) is 0 Å². The Hall–Kier alpha value is -1.90. The molecule has 7 nitrogen and oxygen atoms in total. The van der Waals surface area contributed by atoms with E-state index >= 15 is 0 Å². The SMILES string of the molecule is CN(Cc1ncc[nH]1)S(=O)(=O)c1ccc(Cl)c(C(=O)O)c1. The molecule has 1 aromatic carbocycles. The molecule has 2 N–H and O–H groups in total. The van der Waals surface area contributed by atoms with E-state index in [1.54, 1.807) is 6.20 Å². The molecule has 0 saturated heterocycles. The molecule has 0 amide bonds. The molecule has 2 rings (SSSR count). The van der Waals surface area contributed by atoms with Gasteiger partial charge in [-0.1, -0.05) is 11.6 Å². The summed E-state index contributed by atoms with van der Waals surface area (Å²) in [6.45, 7) is 0.0420. The number of aromatic carboxylic acids is 1. The summed E-state index contributed by atoms with van der Waals surface area (Å²) in [4.78, 5) is 17.6. The van der Waals surface area contributed by atoms with Crippen molar-refractivity contribution in [2.75, 3.05) is 7.05 Å². The summed E-state index contributed by atoms with van der Waals surface area (Å²) in [7, 11) is -2.45. The quantitative estimate of drug-likeness (QED) is 0.866. The van der Waals surface area contributed by atoms with Crippen LogP contribution in [0.2, 0.25) is 5.02 Å². The van der Waals surface area contributed by atoms with E-state index in [0.29, 0.717) is 5.82 Å². The van der Waals surface area contributed by atoms with Crippen LogP contribution in [-0.2, 0) is 16.6 Å². The van der Waals surface area contributed by atoms with E-state index in [0.717, 1.165) is 10.4 Å². The fourth-order valence-electron chi connectivity index (χ4n) is 1.69. The first-order chi connectivity index (χ1) is 9.82. The van der Waals surface area contributed by atoms with E-state index < -0.39 is 16.0 Å². The lowest BCUT2D eigenvalue weighted by Gasteiger charge is -2.16. The minimum absolute atomic E-state index is 0.0184. The number of H-pyrrole nitrogens is 1. The minimum atomic E-state index is -3.84. The van der Waals surface area contributed by atoms with Gasteiger partial charge in [-0.15, -0.1) is 0 Å². The largest absolute Gasteiger partial charge is 0.478 e. The smallest absolute Gasteiger partial charge is 0.337 e. The van der Waals surface area contributed by atoms with Crippen molar-refractivity contribution in [3.05, 3.63) is 47.0 Å². The van der Waals surface area contributed by atoms with Gasteiger partial charge in [0.05, 0.1) is 22.0 Å². The number of nitrogens with one attached hydrogen (secondary N) is 1. The molecule has 0 saturated carbocycles. The van der Waals surface area contributed by atoms with Crippen LogP contribution in [0.5, 0.6) is 0 Å². The van der Waals surface area contributed by atoms with Crippen molar-refractivity contribution < 1.29 is 18.3 Å². The molecule has 1 aromatic heterocycles. The van der Waals surface area contributed by atoms with Gasteiger partial charge < -0.3 is 10.1 Å². The first-order valence-corrected chi connectivity index (χ1v) is 7.61. The van der Waals surface area contributed by atoms with Crippen LogP contribution < -0.4 is 0 Å². The zero-order chi connectivity index (χ0) is 15.6. The maximum Gasteiger partial charge on any atom is 0.337 e. The number of carboxylic acid groups (broad SMARTS) is 1. The Bertz CT molecular complexity index is 759. The van der Waals surface area contributed by atoms with Crippen LogP contribution in [0, 0.1) is 0 Å². The van der Waals surface area contributed by atoms with E-state index in [2.05, 4.69) is 9.97 Å². The van der Waals surface area contributed by atoms with Crippen LogP contribution in [0.4, 0.5) is 0 Å². The number of nitrogens with zero attached hydrogens (tertiary/aromatic N) is 2. The Morgan fingerprint density at radius 2 is 2.19 bits per heavy atom. The molecule has 0 radical (unpaired) electrons. The highest BCUT2D eigenvalue weighted by molar-refractivity contribution is 7.89. The fourth-order valence-corrected chi connectivity index (χ4v) is 3.05. The second-order valence-electron chi connectivity index (χ2n) is 4.24. The maximum atomic E-state index is 12.4. The molecule has 0 aliphatic heterocycles. The molecular weight excluding hydrogens is 318 g/mol. The zero-order valence-corrected chi connectivity index (χ0v) is 12.5. The predicted molar refractivity (Wildman–Crippen MR) is 75.7 cm³/mol. The van der Waals surface area contributed by atoms with Gasteiger partial charge in [-0.2, -0.15) is 4.31 Å². The van der Waals surface area contributed by atoms with Gasteiger partial charge in [0.2, 0.25) is 10.0 Å². The van der Waals surface area contributed by atoms with Gasteiger partial charge in [-0.3, -0.25) is 0 Å². The standard InChI is InChI=1S/C12H12ClN3O4S/c1-16(7-11-14-4-5-15-11)21(19,20)8-2-3-10(13)9(6-8)12(17)18/h2-6H,7H2,1H3,(H,14,15)(H,17,18). The molecule has 0 aliphatic rings. The average molecular weight is 330 g/mol. The van der Waals surface area contributed by atoms with Gasteiger partial charge in [0.15, 0.2) is 0 Å². The highest BCUT2D eigenvalue weighted by Crippen LogP contribution is 2.23. The van der Waals surface area contributed by atoms with Gasteiger partial charge in [-0.05, 0) is 18.2 Å². The number of hydrogen-bond acceptors (Lipinski definition) is 4. The number of carboxylic acids is 1. The summed E-state index contributed by atoms with van der Waals surface area (Å²) >= 11 is 5.73. The first-order valence-electron chi connectivity index (χ1n) is 5.80. The number of carbonyl (C=O) groups is 1. The second-order valence-corrected chi connectivity index (χ2v) is 6.70. The lowest BCUT2D eigenvalue weighted by atomic mass is 10.2. The third kappa shape index (κ3) is 3.23. The monoisotopic (exact) mass is 329 g/mol. The molecular formula is C12H12ClN3O4S.